The van der Waals surface area contributed by atoms with E-state index in [1.165, 1.54) is 5.56 Å². The Hall–Kier alpha value is -1.28. The van der Waals surface area contributed by atoms with Crippen LogP contribution in [0.1, 0.15) is 11.3 Å². The number of rotatable bonds is 2. The van der Waals surface area contributed by atoms with Crippen LogP contribution in [0.15, 0.2) is 34.9 Å². The molecule has 2 nitrogen and oxygen atoms in total. The molecule has 3 heteroatoms. The zero-order valence-corrected chi connectivity index (χ0v) is 8.58. The molecule has 0 saturated heterocycles. The predicted molar refractivity (Wildman–Crippen MR) is 56.2 cm³/mol. The molecule has 0 bridgehead atoms. The van der Waals surface area contributed by atoms with Gasteiger partial charge in [0.2, 0.25) is 5.89 Å². The van der Waals surface area contributed by atoms with Crippen LogP contribution in [0.3, 0.4) is 0 Å². The minimum Gasteiger partial charge on any atom is -0.444 e. The van der Waals surface area contributed by atoms with Crippen LogP contribution in [-0.2, 0) is 5.88 Å². The molecule has 2 aromatic rings. The smallest absolute Gasteiger partial charge is 0.226 e. The Bertz CT molecular complexity index is 436. The van der Waals surface area contributed by atoms with Crippen LogP contribution in [-0.4, -0.2) is 4.98 Å². The summed E-state index contributed by atoms with van der Waals surface area (Å²) in [6.45, 7) is 2.04. The summed E-state index contributed by atoms with van der Waals surface area (Å²) in [6, 6.07) is 8.02. The van der Waals surface area contributed by atoms with Crippen molar-refractivity contribution < 1.29 is 4.42 Å². The zero-order chi connectivity index (χ0) is 9.97. The van der Waals surface area contributed by atoms with E-state index < -0.39 is 0 Å². The molecule has 0 amide bonds. The first-order valence-electron chi connectivity index (χ1n) is 4.37. The van der Waals surface area contributed by atoms with Crippen molar-refractivity contribution in [2.75, 3.05) is 0 Å². The third-order valence-corrected chi connectivity index (χ3v) is 2.23. The van der Waals surface area contributed by atoms with Gasteiger partial charge in [0.1, 0.15) is 6.26 Å². The Balaban J connectivity index is 2.39. The lowest BCUT2D eigenvalue weighted by Crippen LogP contribution is -1.80. The molecule has 0 fully saturated rings. The maximum Gasteiger partial charge on any atom is 0.226 e. The molecular weight excluding hydrogens is 198 g/mol. The summed E-state index contributed by atoms with van der Waals surface area (Å²) in [4.78, 5) is 4.24. The quantitative estimate of drug-likeness (QED) is 0.706. The average Bonchev–Trinajstić information content (AvgIpc) is 2.66. The van der Waals surface area contributed by atoms with Gasteiger partial charge in [0, 0.05) is 5.56 Å². The van der Waals surface area contributed by atoms with Gasteiger partial charge in [-0.25, -0.2) is 4.98 Å². The van der Waals surface area contributed by atoms with Crippen LogP contribution in [0.25, 0.3) is 11.5 Å². The lowest BCUT2D eigenvalue weighted by atomic mass is 10.1. The molecule has 1 aromatic heterocycles. The van der Waals surface area contributed by atoms with Crippen molar-refractivity contribution in [3.8, 4) is 11.5 Å². The standard InChI is InChI=1S/C11H10ClNO/c1-8-3-2-4-9(5-8)11-13-10(6-12)7-14-11/h2-5,7H,6H2,1H3. The fourth-order valence-electron chi connectivity index (χ4n) is 1.28. The molecule has 1 heterocycles. The van der Waals surface area contributed by atoms with Gasteiger partial charge in [0.05, 0.1) is 11.6 Å². The first kappa shape index (κ1) is 9.28. The Morgan fingerprint density at radius 1 is 1.43 bits per heavy atom. The highest BCUT2D eigenvalue weighted by Gasteiger charge is 2.05. The molecule has 2 rings (SSSR count). The van der Waals surface area contributed by atoms with Crippen molar-refractivity contribution in [2.45, 2.75) is 12.8 Å². The maximum absolute atomic E-state index is 5.64. The first-order valence-corrected chi connectivity index (χ1v) is 4.90. The van der Waals surface area contributed by atoms with Crippen LogP contribution in [0.4, 0.5) is 0 Å². The summed E-state index contributed by atoms with van der Waals surface area (Å²) < 4.78 is 5.30. The summed E-state index contributed by atoms with van der Waals surface area (Å²) in [6.07, 6.45) is 1.59. The summed E-state index contributed by atoms with van der Waals surface area (Å²) >= 11 is 5.64. The van der Waals surface area contributed by atoms with E-state index in [-0.39, 0.29) is 0 Å². The first-order chi connectivity index (χ1) is 6.79. The molecule has 14 heavy (non-hydrogen) atoms. The van der Waals surface area contributed by atoms with Crippen molar-refractivity contribution in [1.82, 2.24) is 4.98 Å². The molecular formula is C11H10ClNO. The van der Waals surface area contributed by atoms with Gasteiger partial charge in [-0.3, -0.25) is 0 Å². The van der Waals surface area contributed by atoms with E-state index in [1.807, 2.05) is 31.2 Å². The van der Waals surface area contributed by atoms with E-state index in [1.54, 1.807) is 6.26 Å². The van der Waals surface area contributed by atoms with Gasteiger partial charge in [-0.15, -0.1) is 11.6 Å². The summed E-state index contributed by atoms with van der Waals surface area (Å²) in [5.41, 5.74) is 2.94. The highest BCUT2D eigenvalue weighted by atomic mass is 35.5. The molecule has 72 valence electrons. The molecule has 0 unspecified atom stereocenters. The minimum atomic E-state index is 0.384. The molecule has 0 saturated carbocycles. The summed E-state index contributed by atoms with van der Waals surface area (Å²) in [7, 11) is 0. The highest BCUT2D eigenvalue weighted by molar-refractivity contribution is 6.16. The molecule has 0 radical (unpaired) electrons. The topological polar surface area (TPSA) is 26.0 Å². The lowest BCUT2D eigenvalue weighted by Gasteiger charge is -1.95. The number of benzene rings is 1. The number of oxazole rings is 1. The van der Waals surface area contributed by atoms with E-state index in [0.717, 1.165) is 11.3 Å². The monoisotopic (exact) mass is 207 g/mol. The molecule has 0 N–H and O–H groups in total. The Labute approximate surface area is 87.5 Å². The van der Waals surface area contributed by atoms with Gasteiger partial charge in [0.15, 0.2) is 0 Å². The van der Waals surface area contributed by atoms with Crippen molar-refractivity contribution >= 4 is 11.6 Å². The van der Waals surface area contributed by atoms with Gasteiger partial charge in [-0.05, 0) is 19.1 Å². The number of aryl methyl sites for hydroxylation is 1. The normalized spacial score (nSPS) is 10.4. The molecule has 0 aliphatic rings. The van der Waals surface area contributed by atoms with Crippen LogP contribution in [0.5, 0.6) is 0 Å². The fourth-order valence-corrected chi connectivity index (χ4v) is 1.40. The number of hydrogen-bond acceptors (Lipinski definition) is 2. The van der Waals surface area contributed by atoms with Crippen LogP contribution >= 0.6 is 11.6 Å². The van der Waals surface area contributed by atoms with Crippen molar-refractivity contribution in [1.29, 1.82) is 0 Å². The second kappa shape index (κ2) is 3.84. The van der Waals surface area contributed by atoms with E-state index in [9.17, 15) is 0 Å². The molecule has 0 atom stereocenters. The Morgan fingerprint density at radius 3 is 2.93 bits per heavy atom. The Morgan fingerprint density at radius 2 is 2.29 bits per heavy atom. The highest BCUT2D eigenvalue weighted by Crippen LogP contribution is 2.19. The van der Waals surface area contributed by atoms with Gasteiger partial charge in [-0.2, -0.15) is 0 Å². The predicted octanol–water partition coefficient (Wildman–Crippen LogP) is 3.39. The maximum atomic E-state index is 5.64. The van der Waals surface area contributed by atoms with E-state index in [2.05, 4.69) is 4.98 Å². The Kier molecular flexibility index (Phi) is 2.55. The molecule has 0 aliphatic heterocycles. The number of hydrogen-bond donors (Lipinski definition) is 0. The molecule has 0 aliphatic carbocycles. The van der Waals surface area contributed by atoms with Gasteiger partial charge >= 0.3 is 0 Å². The third kappa shape index (κ3) is 1.80. The van der Waals surface area contributed by atoms with E-state index in [4.69, 9.17) is 16.0 Å². The van der Waals surface area contributed by atoms with Crippen molar-refractivity contribution in [2.24, 2.45) is 0 Å². The van der Waals surface area contributed by atoms with Crippen LogP contribution in [0.2, 0.25) is 0 Å². The largest absolute Gasteiger partial charge is 0.444 e. The third-order valence-electron chi connectivity index (χ3n) is 1.95. The molecule has 1 aromatic carbocycles. The second-order valence-corrected chi connectivity index (χ2v) is 3.41. The van der Waals surface area contributed by atoms with E-state index in [0.29, 0.717) is 11.8 Å². The lowest BCUT2D eigenvalue weighted by molar-refractivity contribution is 0.573. The second-order valence-electron chi connectivity index (χ2n) is 3.15. The fraction of sp³-hybridized carbons (Fsp3) is 0.182. The van der Waals surface area contributed by atoms with Gasteiger partial charge in [-0.1, -0.05) is 17.7 Å². The van der Waals surface area contributed by atoms with E-state index >= 15 is 0 Å². The zero-order valence-electron chi connectivity index (χ0n) is 7.83. The van der Waals surface area contributed by atoms with Crippen LogP contribution < -0.4 is 0 Å². The van der Waals surface area contributed by atoms with Gasteiger partial charge < -0.3 is 4.42 Å². The minimum absolute atomic E-state index is 0.384. The van der Waals surface area contributed by atoms with Gasteiger partial charge in [0.25, 0.3) is 0 Å². The number of alkyl halides is 1. The summed E-state index contributed by atoms with van der Waals surface area (Å²) in [5.74, 6) is 1.01. The SMILES string of the molecule is Cc1cccc(-c2nc(CCl)co2)c1. The van der Waals surface area contributed by atoms with Crippen molar-refractivity contribution in [3.05, 3.63) is 41.8 Å². The molecule has 0 spiro atoms. The number of halogens is 1. The average molecular weight is 208 g/mol. The number of aromatic nitrogens is 1. The van der Waals surface area contributed by atoms with Crippen molar-refractivity contribution in [3.63, 3.8) is 0 Å². The van der Waals surface area contributed by atoms with Crippen LogP contribution in [0, 0.1) is 6.92 Å². The summed E-state index contributed by atoms with van der Waals surface area (Å²) in [5, 5.41) is 0. The number of nitrogens with zero attached hydrogens (tertiary/aromatic N) is 1.